The van der Waals surface area contributed by atoms with E-state index < -0.39 is 0 Å². The lowest BCUT2D eigenvalue weighted by molar-refractivity contribution is 0.404. The van der Waals surface area contributed by atoms with Gasteiger partial charge in [-0.05, 0) is 18.2 Å². The molecule has 1 aromatic carbocycles. The Bertz CT molecular complexity index is 248. The van der Waals surface area contributed by atoms with Crippen molar-refractivity contribution in [1.82, 2.24) is 0 Å². The summed E-state index contributed by atoms with van der Waals surface area (Å²) >= 11 is 5.71. The Balaban J connectivity index is 3.02. The SMILES string of the molecule is COc1ccc(Cl)c([CH]O)c1. The molecule has 0 fully saturated rings. The molecule has 3 heteroatoms. The van der Waals surface area contributed by atoms with Crippen molar-refractivity contribution in [2.24, 2.45) is 0 Å². The van der Waals surface area contributed by atoms with Gasteiger partial charge in [-0.25, -0.2) is 0 Å². The second-order valence-electron chi connectivity index (χ2n) is 2.02. The van der Waals surface area contributed by atoms with Crippen LogP contribution in [0.2, 0.25) is 5.02 Å². The molecule has 2 nitrogen and oxygen atoms in total. The first-order chi connectivity index (χ1) is 5.27. The molecule has 0 heterocycles. The Kier molecular flexibility index (Phi) is 2.74. The van der Waals surface area contributed by atoms with Gasteiger partial charge >= 0.3 is 0 Å². The summed E-state index contributed by atoms with van der Waals surface area (Å²) in [7, 11) is 1.56. The van der Waals surface area contributed by atoms with Crippen LogP contribution in [-0.2, 0) is 0 Å². The van der Waals surface area contributed by atoms with Gasteiger partial charge in [0.15, 0.2) is 0 Å². The number of halogens is 1. The smallest absolute Gasteiger partial charge is 0.119 e. The molecule has 0 unspecified atom stereocenters. The minimum Gasteiger partial charge on any atom is -0.497 e. The van der Waals surface area contributed by atoms with E-state index in [-0.39, 0.29) is 0 Å². The minimum absolute atomic E-state index is 0.508. The van der Waals surface area contributed by atoms with Gasteiger partial charge in [0.1, 0.15) is 12.4 Å². The summed E-state index contributed by atoms with van der Waals surface area (Å²) in [6.45, 7) is 0.949. The highest BCUT2D eigenvalue weighted by Gasteiger charge is 2.00. The summed E-state index contributed by atoms with van der Waals surface area (Å²) in [6.07, 6.45) is 0. The number of hydrogen-bond donors (Lipinski definition) is 1. The zero-order valence-corrected chi connectivity index (χ0v) is 6.80. The molecule has 0 bridgehead atoms. The first kappa shape index (κ1) is 8.37. The summed E-state index contributed by atoms with van der Waals surface area (Å²) in [4.78, 5) is 0. The Labute approximate surface area is 70.4 Å². The summed E-state index contributed by atoms with van der Waals surface area (Å²) < 4.78 is 4.92. The van der Waals surface area contributed by atoms with Crippen LogP contribution >= 0.6 is 11.6 Å². The second kappa shape index (κ2) is 3.60. The van der Waals surface area contributed by atoms with Gasteiger partial charge in [-0.2, -0.15) is 0 Å². The number of ether oxygens (including phenoxy) is 1. The predicted molar refractivity (Wildman–Crippen MR) is 43.3 cm³/mol. The molecule has 1 radical (unpaired) electrons. The predicted octanol–water partition coefficient (Wildman–Crippen LogP) is 2.23. The molecule has 0 saturated carbocycles. The van der Waals surface area contributed by atoms with E-state index in [2.05, 4.69) is 0 Å². The second-order valence-corrected chi connectivity index (χ2v) is 2.42. The molecule has 0 amide bonds. The molecule has 0 aromatic heterocycles. The van der Waals surface area contributed by atoms with E-state index in [1.54, 1.807) is 25.3 Å². The molecular weight excluding hydrogens is 164 g/mol. The van der Waals surface area contributed by atoms with E-state index in [1.165, 1.54) is 0 Å². The normalized spacial score (nSPS) is 9.73. The van der Waals surface area contributed by atoms with Crippen molar-refractivity contribution in [3.63, 3.8) is 0 Å². The van der Waals surface area contributed by atoms with Gasteiger partial charge in [-0.1, -0.05) is 11.6 Å². The third-order valence-corrected chi connectivity index (χ3v) is 1.69. The van der Waals surface area contributed by atoms with Crippen molar-refractivity contribution in [1.29, 1.82) is 0 Å². The number of hydrogen-bond acceptors (Lipinski definition) is 2. The minimum atomic E-state index is 0.508. The van der Waals surface area contributed by atoms with Gasteiger partial charge in [0, 0.05) is 10.6 Å². The van der Waals surface area contributed by atoms with Crippen molar-refractivity contribution >= 4 is 11.6 Å². The van der Waals surface area contributed by atoms with Crippen molar-refractivity contribution < 1.29 is 9.84 Å². The fraction of sp³-hybridized carbons (Fsp3) is 0.125. The Hall–Kier alpha value is -0.730. The first-order valence-corrected chi connectivity index (χ1v) is 3.46. The molecule has 1 rings (SSSR count). The monoisotopic (exact) mass is 171 g/mol. The van der Waals surface area contributed by atoms with E-state index in [0.717, 1.165) is 6.61 Å². The zero-order valence-electron chi connectivity index (χ0n) is 6.04. The van der Waals surface area contributed by atoms with Crippen molar-refractivity contribution in [3.8, 4) is 5.75 Å². The lowest BCUT2D eigenvalue weighted by atomic mass is 10.2. The molecule has 0 aliphatic rings. The van der Waals surface area contributed by atoms with Gasteiger partial charge in [0.25, 0.3) is 0 Å². The van der Waals surface area contributed by atoms with Crippen molar-refractivity contribution in [2.75, 3.05) is 7.11 Å². The Morgan fingerprint density at radius 1 is 1.55 bits per heavy atom. The van der Waals surface area contributed by atoms with Gasteiger partial charge in [0.05, 0.1) is 7.11 Å². The summed E-state index contributed by atoms with van der Waals surface area (Å²) in [5.41, 5.74) is 0.561. The summed E-state index contributed by atoms with van der Waals surface area (Å²) in [6, 6.07) is 5.06. The highest BCUT2D eigenvalue weighted by atomic mass is 35.5. The van der Waals surface area contributed by atoms with Crippen LogP contribution in [0.15, 0.2) is 18.2 Å². The maximum Gasteiger partial charge on any atom is 0.119 e. The van der Waals surface area contributed by atoms with Crippen LogP contribution in [0.5, 0.6) is 5.75 Å². The Morgan fingerprint density at radius 3 is 2.82 bits per heavy atom. The number of rotatable bonds is 2. The van der Waals surface area contributed by atoms with Crippen LogP contribution < -0.4 is 4.74 Å². The van der Waals surface area contributed by atoms with Gasteiger partial charge in [0.2, 0.25) is 0 Å². The van der Waals surface area contributed by atoms with Crippen LogP contribution in [0, 0.1) is 6.61 Å². The standard InChI is InChI=1S/C8H8ClO2/c1-11-7-2-3-8(9)6(4-7)5-10/h2-5,10H,1H3. The van der Waals surface area contributed by atoms with Crippen LogP contribution in [0.4, 0.5) is 0 Å². The number of methoxy groups -OCH3 is 1. The van der Waals surface area contributed by atoms with E-state index in [1.807, 2.05) is 0 Å². The third-order valence-electron chi connectivity index (χ3n) is 1.34. The van der Waals surface area contributed by atoms with E-state index >= 15 is 0 Å². The van der Waals surface area contributed by atoms with Crippen molar-refractivity contribution in [2.45, 2.75) is 0 Å². The van der Waals surface area contributed by atoms with Crippen LogP contribution in [-0.4, -0.2) is 12.2 Å². The van der Waals surface area contributed by atoms with Gasteiger partial charge in [-0.15, -0.1) is 0 Å². The van der Waals surface area contributed by atoms with Gasteiger partial charge in [-0.3, -0.25) is 0 Å². The molecule has 11 heavy (non-hydrogen) atoms. The highest BCUT2D eigenvalue weighted by Crippen LogP contribution is 2.22. The number of benzene rings is 1. The lowest BCUT2D eigenvalue weighted by Crippen LogP contribution is -1.86. The van der Waals surface area contributed by atoms with E-state index in [9.17, 15) is 0 Å². The molecule has 0 atom stereocenters. The molecule has 59 valence electrons. The zero-order chi connectivity index (χ0) is 8.27. The van der Waals surface area contributed by atoms with Crippen LogP contribution in [0.1, 0.15) is 5.56 Å². The maximum atomic E-state index is 8.67. The molecule has 0 saturated heterocycles. The topological polar surface area (TPSA) is 29.5 Å². The fourth-order valence-electron chi connectivity index (χ4n) is 0.748. The molecule has 1 N–H and O–H groups in total. The van der Waals surface area contributed by atoms with Crippen LogP contribution in [0.25, 0.3) is 0 Å². The van der Waals surface area contributed by atoms with E-state index in [0.29, 0.717) is 16.3 Å². The fourth-order valence-corrected chi connectivity index (χ4v) is 0.914. The van der Waals surface area contributed by atoms with Gasteiger partial charge < -0.3 is 9.84 Å². The average molecular weight is 172 g/mol. The molecule has 0 aliphatic carbocycles. The largest absolute Gasteiger partial charge is 0.497 e. The Morgan fingerprint density at radius 2 is 2.27 bits per heavy atom. The average Bonchev–Trinajstić information content (AvgIpc) is 2.05. The first-order valence-electron chi connectivity index (χ1n) is 3.09. The lowest BCUT2D eigenvalue weighted by Gasteiger charge is -2.02. The van der Waals surface area contributed by atoms with Crippen LogP contribution in [0.3, 0.4) is 0 Å². The molecule has 0 aliphatic heterocycles. The summed E-state index contributed by atoms with van der Waals surface area (Å²) in [5, 5.41) is 9.18. The number of aliphatic hydroxyl groups is 1. The molecular formula is C8H8ClO2. The maximum absolute atomic E-state index is 8.67. The molecule has 0 spiro atoms. The number of aliphatic hydroxyl groups excluding tert-OH is 1. The summed E-state index contributed by atoms with van der Waals surface area (Å²) in [5.74, 6) is 0.676. The highest BCUT2D eigenvalue weighted by molar-refractivity contribution is 6.31. The van der Waals surface area contributed by atoms with Crippen molar-refractivity contribution in [3.05, 3.63) is 35.4 Å². The third kappa shape index (κ3) is 1.85. The quantitative estimate of drug-likeness (QED) is 0.740. The molecule has 1 aromatic rings. The van der Waals surface area contributed by atoms with E-state index in [4.69, 9.17) is 21.4 Å².